The van der Waals surface area contributed by atoms with Crippen molar-refractivity contribution >= 4 is 5.96 Å². The van der Waals surface area contributed by atoms with Gasteiger partial charge in [0.25, 0.3) is 0 Å². The van der Waals surface area contributed by atoms with Crippen molar-refractivity contribution in [2.24, 2.45) is 16.6 Å². The van der Waals surface area contributed by atoms with Gasteiger partial charge in [0.05, 0.1) is 12.5 Å². The summed E-state index contributed by atoms with van der Waals surface area (Å²) < 4.78 is 10.3. The SMILES string of the molecule is NC1=N[C@H](O)[C@H]2[C@@H]3O[C@@]4(O)O[C@H]([C@H](O)C2(N1)[C@@H]4O)[C@]3(O)CO. The van der Waals surface area contributed by atoms with Crippen LogP contribution in [-0.2, 0) is 9.47 Å². The minimum atomic E-state index is -2.52. The predicted octanol–water partition coefficient (Wildman–Crippen LogP) is -5.52. The zero-order chi connectivity index (χ0) is 16.1. The van der Waals surface area contributed by atoms with E-state index in [1.165, 1.54) is 0 Å². The highest BCUT2D eigenvalue weighted by atomic mass is 16.9. The number of hydrogen-bond donors (Lipinski definition) is 8. The molecule has 22 heavy (non-hydrogen) atoms. The van der Waals surface area contributed by atoms with E-state index in [1.54, 1.807) is 0 Å². The highest BCUT2D eigenvalue weighted by Gasteiger charge is 2.82. The molecule has 1 spiro atoms. The van der Waals surface area contributed by atoms with E-state index in [-0.39, 0.29) is 5.96 Å². The van der Waals surface area contributed by atoms with Crippen molar-refractivity contribution in [1.29, 1.82) is 0 Å². The van der Waals surface area contributed by atoms with Gasteiger partial charge in [-0.15, -0.1) is 0 Å². The summed E-state index contributed by atoms with van der Waals surface area (Å²) >= 11 is 0. The molecule has 5 rings (SSSR count). The van der Waals surface area contributed by atoms with Crippen LogP contribution in [0, 0.1) is 5.92 Å². The summed E-state index contributed by atoms with van der Waals surface area (Å²) in [4.78, 5) is 3.70. The van der Waals surface area contributed by atoms with Crippen molar-refractivity contribution in [1.82, 2.24) is 5.32 Å². The Kier molecular flexibility index (Phi) is 2.57. The number of nitrogens with zero attached hydrogens (tertiary/aromatic N) is 1. The van der Waals surface area contributed by atoms with Gasteiger partial charge in [0.1, 0.15) is 29.5 Å². The second kappa shape index (κ2) is 3.88. The molecule has 5 aliphatic rings. The fraction of sp³-hybridized carbons (Fsp3) is 0.909. The van der Waals surface area contributed by atoms with Crippen molar-refractivity contribution in [3.05, 3.63) is 0 Å². The molecule has 1 saturated carbocycles. The molecule has 4 heterocycles. The first-order chi connectivity index (χ1) is 10.2. The molecule has 1 unspecified atom stereocenters. The first kappa shape index (κ1) is 14.5. The quantitative estimate of drug-likeness (QED) is 0.231. The molecule has 0 aromatic rings. The second-order valence-corrected chi connectivity index (χ2v) is 6.22. The molecule has 4 bridgehead atoms. The van der Waals surface area contributed by atoms with Gasteiger partial charge in [0.15, 0.2) is 18.3 Å². The summed E-state index contributed by atoms with van der Waals surface area (Å²) in [7, 11) is 0. The lowest BCUT2D eigenvalue weighted by Crippen LogP contribution is -2.95. The van der Waals surface area contributed by atoms with Gasteiger partial charge in [0.2, 0.25) is 0 Å². The lowest BCUT2D eigenvalue weighted by atomic mass is 9.55. The van der Waals surface area contributed by atoms with Crippen LogP contribution in [0.5, 0.6) is 0 Å². The third-order valence-electron chi connectivity index (χ3n) is 5.22. The van der Waals surface area contributed by atoms with Crippen LogP contribution in [0.2, 0.25) is 0 Å². The summed E-state index contributed by atoms with van der Waals surface area (Å²) in [6, 6.07) is 0. The summed E-state index contributed by atoms with van der Waals surface area (Å²) in [6.45, 7) is -0.857. The van der Waals surface area contributed by atoms with Gasteiger partial charge in [-0.25, -0.2) is 4.99 Å². The number of rotatable bonds is 1. The largest absolute Gasteiger partial charge is 0.393 e. The van der Waals surface area contributed by atoms with Gasteiger partial charge >= 0.3 is 5.97 Å². The Morgan fingerprint density at radius 1 is 1.18 bits per heavy atom. The van der Waals surface area contributed by atoms with Crippen LogP contribution in [-0.4, -0.2) is 91.0 Å². The van der Waals surface area contributed by atoms with Crippen LogP contribution in [0.15, 0.2) is 4.99 Å². The fourth-order valence-electron chi connectivity index (χ4n) is 4.24. The third kappa shape index (κ3) is 1.28. The van der Waals surface area contributed by atoms with Gasteiger partial charge in [-0.3, -0.25) is 0 Å². The summed E-state index contributed by atoms with van der Waals surface area (Å²) in [6.07, 6.45) is -7.77. The standard InChI is InChI=1S/C11H17N3O8/c12-8-13-6(17)2-4-9(19,1-15)5-3(16)10(2,14-8)7(18)11(20,21-4)22-5/h2-7,15-20H,1H2,(H3,12,13,14)/t2-,3+,4+,5-,6-,7+,9+,10?,11-/m1/s1. The van der Waals surface area contributed by atoms with Crippen molar-refractivity contribution in [3.8, 4) is 0 Å². The maximum Gasteiger partial charge on any atom is 0.311 e. The molecule has 4 fully saturated rings. The molecule has 0 aromatic carbocycles. The van der Waals surface area contributed by atoms with E-state index >= 15 is 0 Å². The number of aliphatic hydroxyl groups excluding tert-OH is 4. The van der Waals surface area contributed by atoms with Crippen molar-refractivity contribution in [2.45, 2.75) is 47.8 Å². The van der Waals surface area contributed by atoms with Crippen LogP contribution in [0.3, 0.4) is 0 Å². The van der Waals surface area contributed by atoms with Gasteiger partial charge < -0.3 is 51.2 Å². The summed E-state index contributed by atoms with van der Waals surface area (Å²) in [5, 5.41) is 64.3. The fourth-order valence-corrected chi connectivity index (χ4v) is 4.24. The Morgan fingerprint density at radius 2 is 1.82 bits per heavy atom. The number of aliphatic hydroxyl groups is 6. The number of hydrogen-bond acceptors (Lipinski definition) is 11. The topological polar surface area (TPSA) is 190 Å². The molecule has 0 amide bonds. The predicted molar refractivity (Wildman–Crippen MR) is 65.7 cm³/mol. The Morgan fingerprint density at radius 3 is 2.45 bits per heavy atom. The van der Waals surface area contributed by atoms with Crippen LogP contribution in [0.4, 0.5) is 0 Å². The van der Waals surface area contributed by atoms with E-state index in [0.29, 0.717) is 0 Å². The Hall–Kier alpha value is -1.05. The molecule has 4 aliphatic heterocycles. The van der Waals surface area contributed by atoms with Gasteiger partial charge in [-0.1, -0.05) is 0 Å². The zero-order valence-electron chi connectivity index (χ0n) is 11.2. The average Bonchev–Trinajstić information content (AvgIpc) is 2.45. The minimum absolute atomic E-state index is 0.250. The molecule has 11 heteroatoms. The van der Waals surface area contributed by atoms with Crippen molar-refractivity contribution < 1.29 is 40.1 Å². The van der Waals surface area contributed by atoms with Gasteiger partial charge in [-0.2, -0.15) is 0 Å². The van der Waals surface area contributed by atoms with E-state index in [1.807, 2.05) is 0 Å². The Bertz CT molecular complexity index is 561. The minimum Gasteiger partial charge on any atom is -0.393 e. The third-order valence-corrected chi connectivity index (χ3v) is 5.22. The normalized spacial score (nSPS) is 62.4. The number of ether oxygens (including phenoxy) is 2. The molecule has 0 aromatic heterocycles. The van der Waals surface area contributed by atoms with Gasteiger partial charge in [-0.05, 0) is 0 Å². The van der Waals surface area contributed by atoms with Crippen LogP contribution in [0.25, 0.3) is 0 Å². The highest BCUT2D eigenvalue weighted by Crippen LogP contribution is 2.58. The molecule has 9 atom stereocenters. The molecule has 9 N–H and O–H groups in total. The van der Waals surface area contributed by atoms with Crippen molar-refractivity contribution in [3.63, 3.8) is 0 Å². The van der Waals surface area contributed by atoms with Crippen LogP contribution < -0.4 is 11.1 Å². The van der Waals surface area contributed by atoms with E-state index in [4.69, 9.17) is 15.2 Å². The molecule has 3 saturated heterocycles. The molecular formula is C11H17N3O8. The zero-order valence-corrected chi connectivity index (χ0v) is 11.2. The summed E-state index contributed by atoms with van der Waals surface area (Å²) in [5.74, 6) is -3.95. The summed E-state index contributed by atoms with van der Waals surface area (Å²) in [5.41, 5.74) is 1.74. The molecule has 124 valence electrons. The first-order valence-corrected chi connectivity index (χ1v) is 6.77. The molecular weight excluding hydrogens is 302 g/mol. The molecule has 0 radical (unpaired) electrons. The van der Waals surface area contributed by atoms with Crippen LogP contribution >= 0.6 is 0 Å². The Balaban J connectivity index is 1.95. The lowest BCUT2D eigenvalue weighted by molar-refractivity contribution is -0.548. The number of aliphatic imine (C=N–C) groups is 1. The van der Waals surface area contributed by atoms with E-state index < -0.39 is 60.3 Å². The van der Waals surface area contributed by atoms with Crippen molar-refractivity contribution in [2.75, 3.05) is 6.61 Å². The smallest absolute Gasteiger partial charge is 0.311 e. The number of guanidine groups is 1. The maximum atomic E-state index is 10.6. The highest BCUT2D eigenvalue weighted by molar-refractivity contribution is 5.80. The molecule has 11 nitrogen and oxygen atoms in total. The van der Waals surface area contributed by atoms with E-state index in [2.05, 4.69) is 10.3 Å². The van der Waals surface area contributed by atoms with Gasteiger partial charge in [0, 0.05) is 0 Å². The Labute approximate surface area is 123 Å². The van der Waals surface area contributed by atoms with E-state index in [0.717, 1.165) is 0 Å². The number of nitrogens with one attached hydrogen (secondary N) is 1. The number of nitrogens with two attached hydrogens (primary N) is 1. The average molecular weight is 319 g/mol. The second-order valence-electron chi connectivity index (χ2n) is 6.22. The maximum absolute atomic E-state index is 10.6. The molecule has 1 aliphatic carbocycles. The van der Waals surface area contributed by atoms with E-state index in [9.17, 15) is 30.6 Å². The first-order valence-electron chi connectivity index (χ1n) is 6.77. The van der Waals surface area contributed by atoms with Crippen LogP contribution in [0.1, 0.15) is 0 Å². The lowest BCUT2D eigenvalue weighted by Gasteiger charge is -2.71. The monoisotopic (exact) mass is 319 g/mol.